The summed E-state index contributed by atoms with van der Waals surface area (Å²) in [4.78, 5) is 5.36. The number of benzene rings is 2. The zero-order chi connectivity index (χ0) is 13.1. The first-order valence-electron chi connectivity index (χ1n) is 5.88. The molecule has 0 spiro atoms. The summed E-state index contributed by atoms with van der Waals surface area (Å²) in [6, 6.07) is 20.2. The summed E-state index contributed by atoms with van der Waals surface area (Å²) in [7, 11) is 0. The highest BCUT2D eigenvalue weighted by Crippen LogP contribution is 2.30. The molecule has 0 aliphatic rings. The van der Waals surface area contributed by atoms with Gasteiger partial charge in [-0.05, 0) is 35.0 Å². The Hall–Kier alpha value is -2.31. The minimum absolute atomic E-state index is 0.612. The van der Waals surface area contributed by atoms with Crippen LogP contribution in [-0.4, -0.2) is 4.98 Å². The second-order valence-corrected chi connectivity index (χ2v) is 5.14. The van der Waals surface area contributed by atoms with Crippen LogP contribution in [0.15, 0.2) is 70.7 Å². The molecular weight excluding hydrogens is 252 g/mol. The van der Waals surface area contributed by atoms with E-state index >= 15 is 0 Å². The number of pyridine rings is 1. The van der Waals surface area contributed by atoms with Gasteiger partial charge in [0.1, 0.15) is 11.1 Å². The molecule has 0 atom stereocenters. The Labute approximate surface area is 115 Å². The number of hydrogen-bond acceptors (Lipinski definition) is 3. The van der Waals surface area contributed by atoms with Gasteiger partial charge in [0.15, 0.2) is 0 Å². The molecule has 0 radical (unpaired) electrons. The predicted molar refractivity (Wildman–Crippen MR) is 77.0 cm³/mol. The molecule has 0 aliphatic heterocycles. The number of aromatic nitrogens is 1. The molecule has 0 bridgehead atoms. The Morgan fingerprint density at radius 1 is 0.947 bits per heavy atom. The predicted octanol–water partition coefficient (Wildman–Crippen LogP) is 4.26. The standard InChI is InChI=1S/C16H10N2S/c17-11-14-6-3-9-18-16(14)19-15-8-7-12-4-1-2-5-13(12)10-15/h1-10H. The van der Waals surface area contributed by atoms with Crippen molar-refractivity contribution >= 4 is 22.5 Å². The Balaban J connectivity index is 1.99. The highest BCUT2D eigenvalue weighted by atomic mass is 32.2. The molecule has 2 nitrogen and oxygen atoms in total. The fraction of sp³-hybridized carbons (Fsp3) is 0. The first-order valence-corrected chi connectivity index (χ1v) is 6.70. The Morgan fingerprint density at radius 2 is 1.79 bits per heavy atom. The van der Waals surface area contributed by atoms with E-state index in [9.17, 15) is 0 Å². The summed E-state index contributed by atoms with van der Waals surface area (Å²) in [5.74, 6) is 0. The normalized spacial score (nSPS) is 10.3. The van der Waals surface area contributed by atoms with Crippen LogP contribution in [-0.2, 0) is 0 Å². The van der Waals surface area contributed by atoms with Crippen molar-refractivity contribution in [2.24, 2.45) is 0 Å². The number of nitrogens with zero attached hydrogens (tertiary/aromatic N) is 2. The molecule has 3 rings (SSSR count). The molecule has 0 unspecified atom stereocenters. The fourth-order valence-electron chi connectivity index (χ4n) is 1.90. The van der Waals surface area contributed by atoms with Crippen LogP contribution in [0.4, 0.5) is 0 Å². The van der Waals surface area contributed by atoms with Gasteiger partial charge in [-0.2, -0.15) is 5.26 Å². The van der Waals surface area contributed by atoms with Crippen molar-refractivity contribution < 1.29 is 0 Å². The van der Waals surface area contributed by atoms with Gasteiger partial charge in [0.05, 0.1) is 5.56 Å². The molecule has 90 valence electrons. The fourth-order valence-corrected chi connectivity index (χ4v) is 2.78. The van der Waals surface area contributed by atoms with Crippen LogP contribution < -0.4 is 0 Å². The van der Waals surface area contributed by atoms with Gasteiger partial charge in [-0.15, -0.1) is 0 Å². The van der Waals surface area contributed by atoms with Crippen LogP contribution in [0.2, 0.25) is 0 Å². The SMILES string of the molecule is N#Cc1cccnc1Sc1ccc2ccccc2c1. The lowest BCUT2D eigenvalue weighted by atomic mass is 10.1. The highest BCUT2D eigenvalue weighted by molar-refractivity contribution is 7.99. The Morgan fingerprint density at radius 3 is 2.63 bits per heavy atom. The molecule has 2 aromatic carbocycles. The third-order valence-corrected chi connectivity index (χ3v) is 3.84. The van der Waals surface area contributed by atoms with Crippen LogP contribution in [0, 0.1) is 11.3 Å². The van der Waals surface area contributed by atoms with Crippen LogP contribution in [0.3, 0.4) is 0 Å². The van der Waals surface area contributed by atoms with Crippen LogP contribution >= 0.6 is 11.8 Å². The first kappa shape index (κ1) is 11.8. The molecular formula is C16H10N2S. The van der Waals surface area contributed by atoms with Crippen LogP contribution in [0.1, 0.15) is 5.56 Å². The number of rotatable bonds is 2. The Bertz CT molecular complexity index is 775. The van der Waals surface area contributed by atoms with E-state index in [1.54, 1.807) is 18.3 Å². The molecule has 1 heterocycles. The average Bonchev–Trinajstić information content (AvgIpc) is 2.48. The molecule has 19 heavy (non-hydrogen) atoms. The summed E-state index contributed by atoms with van der Waals surface area (Å²) in [6.07, 6.45) is 1.71. The summed E-state index contributed by atoms with van der Waals surface area (Å²) in [6.45, 7) is 0. The van der Waals surface area contributed by atoms with E-state index in [-0.39, 0.29) is 0 Å². The second-order valence-electron chi connectivity index (χ2n) is 4.08. The number of nitriles is 1. The van der Waals surface area contributed by atoms with Crippen LogP contribution in [0.25, 0.3) is 10.8 Å². The molecule has 1 aromatic heterocycles. The second kappa shape index (κ2) is 5.13. The minimum Gasteiger partial charge on any atom is -0.248 e. The molecule has 0 saturated heterocycles. The van der Waals surface area contributed by atoms with Gasteiger partial charge < -0.3 is 0 Å². The quantitative estimate of drug-likeness (QED) is 0.692. The van der Waals surface area contributed by atoms with Gasteiger partial charge in [0.25, 0.3) is 0 Å². The monoisotopic (exact) mass is 262 g/mol. The van der Waals surface area contributed by atoms with E-state index < -0.39 is 0 Å². The van der Waals surface area contributed by atoms with Crippen LogP contribution in [0.5, 0.6) is 0 Å². The third-order valence-electron chi connectivity index (χ3n) is 2.83. The van der Waals surface area contributed by atoms with Crippen molar-refractivity contribution in [2.75, 3.05) is 0 Å². The van der Waals surface area contributed by atoms with Gasteiger partial charge in [-0.1, -0.05) is 42.1 Å². The molecule has 0 N–H and O–H groups in total. The van der Waals surface area contributed by atoms with E-state index in [2.05, 4.69) is 41.4 Å². The average molecular weight is 262 g/mol. The lowest BCUT2D eigenvalue weighted by molar-refractivity contribution is 1.11. The maximum atomic E-state index is 9.06. The van der Waals surface area contributed by atoms with Crippen molar-refractivity contribution in [3.8, 4) is 6.07 Å². The van der Waals surface area contributed by atoms with Gasteiger partial charge in [-0.3, -0.25) is 0 Å². The number of fused-ring (bicyclic) bond motifs is 1. The van der Waals surface area contributed by atoms with Gasteiger partial charge in [-0.25, -0.2) is 4.98 Å². The maximum Gasteiger partial charge on any atom is 0.119 e. The van der Waals surface area contributed by atoms with Crippen molar-refractivity contribution in [1.82, 2.24) is 4.98 Å². The zero-order valence-electron chi connectivity index (χ0n) is 10.1. The third kappa shape index (κ3) is 2.44. The summed E-state index contributed by atoms with van der Waals surface area (Å²) in [5.41, 5.74) is 0.612. The Kier molecular flexibility index (Phi) is 3.18. The molecule has 3 heteroatoms. The van der Waals surface area contributed by atoms with E-state index in [1.165, 1.54) is 22.5 Å². The van der Waals surface area contributed by atoms with E-state index in [0.29, 0.717) is 5.56 Å². The van der Waals surface area contributed by atoms with E-state index in [1.807, 2.05) is 12.1 Å². The molecule has 0 amide bonds. The summed E-state index contributed by atoms with van der Waals surface area (Å²) in [5, 5.41) is 12.2. The lowest BCUT2D eigenvalue weighted by Gasteiger charge is -2.04. The van der Waals surface area contributed by atoms with Gasteiger partial charge >= 0.3 is 0 Å². The lowest BCUT2D eigenvalue weighted by Crippen LogP contribution is -1.85. The van der Waals surface area contributed by atoms with Crippen molar-refractivity contribution in [2.45, 2.75) is 9.92 Å². The van der Waals surface area contributed by atoms with Crippen molar-refractivity contribution in [3.63, 3.8) is 0 Å². The number of hydrogen-bond donors (Lipinski definition) is 0. The first-order chi connectivity index (χ1) is 9.36. The van der Waals surface area contributed by atoms with Gasteiger partial charge in [0, 0.05) is 11.1 Å². The van der Waals surface area contributed by atoms with Gasteiger partial charge in [0.2, 0.25) is 0 Å². The topological polar surface area (TPSA) is 36.7 Å². The van der Waals surface area contributed by atoms with E-state index in [0.717, 1.165) is 9.92 Å². The molecule has 3 aromatic rings. The molecule has 0 fully saturated rings. The zero-order valence-corrected chi connectivity index (χ0v) is 10.9. The minimum atomic E-state index is 0.612. The smallest absolute Gasteiger partial charge is 0.119 e. The summed E-state index contributed by atoms with van der Waals surface area (Å²) >= 11 is 1.52. The summed E-state index contributed by atoms with van der Waals surface area (Å²) < 4.78 is 0. The molecule has 0 aliphatic carbocycles. The maximum absolute atomic E-state index is 9.06. The highest BCUT2D eigenvalue weighted by Gasteiger charge is 2.05. The van der Waals surface area contributed by atoms with Crippen molar-refractivity contribution in [3.05, 3.63) is 66.4 Å². The largest absolute Gasteiger partial charge is 0.248 e. The van der Waals surface area contributed by atoms with Crippen molar-refractivity contribution in [1.29, 1.82) is 5.26 Å². The van der Waals surface area contributed by atoms with E-state index in [4.69, 9.17) is 5.26 Å². The molecule has 0 saturated carbocycles.